The first kappa shape index (κ1) is 9.64. The molecule has 0 bridgehead atoms. The second kappa shape index (κ2) is 3.34. The number of rotatable bonds is 1. The zero-order valence-electron chi connectivity index (χ0n) is 7.52. The molecule has 1 N–H and O–H groups in total. The van der Waals surface area contributed by atoms with E-state index < -0.39 is 12.5 Å². The lowest BCUT2D eigenvalue weighted by Gasteiger charge is -2.01. The van der Waals surface area contributed by atoms with Gasteiger partial charge in [-0.05, 0) is 18.2 Å². The molecule has 78 valence electrons. The molecule has 0 aliphatic carbocycles. The molecule has 0 aliphatic rings. The van der Waals surface area contributed by atoms with Gasteiger partial charge in [0.05, 0.1) is 5.52 Å². The molecular formula is C10H7F2NO2. The minimum atomic E-state index is -2.54. The van der Waals surface area contributed by atoms with E-state index in [9.17, 15) is 13.6 Å². The van der Waals surface area contributed by atoms with E-state index in [0.29, 0.717) is 10.9 Å². The van der Waals surface area contributed by atoms with Crippen LogP contribution in [0.5, 0.6) is 0 Å². The van der Waals surface area contributed by atoms with Crippen LogP contribution in [-0.2, 0) is 0 Å². The van der Waals surface area contributed by atoms with Crippen molar-refractivity contribution < 1.29 is 18.7 Å². The first-order valence-electron chi connectivity index (χ1n) is 4.22. The maximum atomic E-state index is 12.3. The third kappa shape index (κ3) is 1.56. The highest BCUT2D eigenvalue weighted by Gasteiger charge is 2.11. The van der Waals surface area contributed by atoms with Gasteiger partial charge in [-0.2, -0.15) is 0 Å². The van der Waals surface area contributed by atoms with E-state index in [4.69, 9.17) is 5.11 Å². The van der Waals surface area contributed by atoms with E-state index >= 15 is 0 Å². The summed E-state index contributed by atoms with van der Waals surface area (Å²) in [6, 6.07) is 5.40. The molecule has 5 heteroatoms. The molecule has 0 aliphatic heterocycles. The van der Waals surface area contributed by atoms with Crippen molar-refractivity contribution in [2.75, 3.05) is 0 Å². The van der Waals surface area contributed by atoms with Crippen molar-refractivity contribution >= 4 is 17.0 Å². The standard InChI is InChI=1S/C10H7F2NO2/c11-9(12)7-1-2-8-6(5-7)3-4-13(8)10(14)15/h1-5,9H,(H,14,15). The summed E-state index contributed by atoms with van der Waals surface area (Å²) >= 11 is 0. The Labute approximate surface area is 83.5 Å². The Morgan fingerprint density at radius 2 is 2.07 bits per heavy atom. The number of carboxylic acid groups (broad SMARTS) is 1. The average molecular weight is 211 g/mol. The summed E-state index contributed by atoms with van der Waals surface area (Å²) in [6.45, 7) is 0. The maximum Gasteiger partial charge on any atom is 0.415 e. The van der Waals surface area contributed by atoms with Crippen LogP contribution in [0.25, 0.3) is 10.9 Å². The van der Waals surface area contributed by atoms with Gasteiger partial charge in [0.25, 0.3) is 6.43 Å². The molecule has 2 rings (SSSR count). The van der Waals surface area contributed by atoms with Crippen molar-refractivity contribution in [3.05, 3.63) is 36.0 Å². The van der Waals surface area contributed by atoms with Crippen LogP contribution in [0, 0.1) is 0 Å². The Hall–Kier alpha value is -1.91. The molecule has 0 spiro atoms. The van der Waals surface area contributed by atoms with Crippen molar-refractivity contribution in [3.63, 3.8) is 0 Å². The quantitative estimate of drug-likeness (QED) is 0.787. The fourth-order valence-corrected chi connectivity index (χ4v) is 1.46. The molecule has 0 fully saturated rings. The first-order chi connectivity index (χ1) is 7.09. The van der Waals surface area contributed by atoms with Crippen LogP contribution in [0.4, 0.5) is 13.6 Å². The number of alkyl halides is 2. The minimum Gasteiger partial charge on any atom is -0.464 e. The molecule has 0 amide bonds. The number of nitrogens with zero attached hydrogens (tertiary/aromatic N) is 1. The molecule has 0 atom stereocenters. The smallest absolute Gasteiger partial charge is 0.415 e. The summed E-state index contributed by atoms with van der Waals surface area (Å²) < 4.78 is 25.7. The molecule has 1 heterocycles. The van der Waals surface area contributed by atoms with Gasteiger partial charge in [0.15, 0.2) is 0 Å². The van der Waals surface area contributed by atoms with Crippen LogP contribution in [0.3, 0.4) is 0 Å². The molecule has 1 aromatic carbocycles. The van der Waals surface area contributed by atoms with Gasteiger partial charge in [0, 0.05) is 17.1 Å². The van der Waals surface area contributed by atoms with E-state index in [1.165, 1.54) is 30.5 Å². The van der Waals surface area contributed by atoms with Crippen LogP contribution in [-0.4, -0.2) is 15.8 Å². The highest BCUT2D eigenvalue weighted by molar-refractivity contribution is 5.89. The van der Waals surface area contributed by atoms with Gasteiger partial charge in [-0.1, -0.05) is 6.07 Å². The largest absolute Gasteiger partial charge is 0.464 e. The van der Waals surface area contributed by atoms with Gasteiger partial charge >= 0.3 is 6.09 Å². The SMILES string of the molecule is O=C(O)n1ccc2cc(C(F)F)ccc21. The predicted octanol–water partition coefficient (Wildman–Crippen LogP) is 3.11. The summed E-state index contributed by atoms with van der Waals surface area (Å²) in [7, 11) is 0. The van der Waals surface area contributed by atoms with Crippen molar-refractivity contribution in [1.82, 2.24) is 4.57 Å². The molecule has 0 radical (unpaired) electrons. The van der Waals surface area contributed by atoms with Crippen molar-refractivity contribution in [3.8, 4) is 0 Å². The molecule has 0 saturated heterocycles. The van der Waals surface area contributed by atoms with Crippen LogP contribution in [0.2, 0.25) is 0 Å². The Morgan fingerprint density at radius 1 is 1.33 bits per heavy atom. The van der Waals surface area contributed by atoms with Crippen LogP contribution in [0.15, 0.2) is 30.5 Å². The molecule has 0 saturated carbocycles. The fraction of sp³-hybridized carbons (Fsp3) is 0.100. The van der Waals surface area contributed by atoms with Crippen LogP contribution in [0.1, 0.15) is 12.0 Å². The van der Waals surface area contributed by atoms with Crippen molar-refractivity contribution in [1.29, 1.82) is 0 Å². The lowest BCUT2D eigenvalue weighted by molar-refractivity contribution is 0.151. The minimum absolute atomic E-state index is 0.106. The Balaban J connectivity index is 2.61. The fourth-order valence-electron chi connectivity index (χ4n) is 1.46. The maximum absolute atomic E-state index is 12.3. The Bertz CT molecular complexity index is 519. The number of halogens is 2. The number of fused-ring (bicyclic) bond motifs is 1. The van der Waals surface area contributed by atoms with Gasteiger partial charge in [0.2, 0.25) is 0 Å². The summed E-state index contributed by atoms with van der Waals surface area (Å²) in [5.74, 6) is 0. The number of hydrogen-bond acceptors (Lipinski definition) is 1. The molecule has 2 aromatic rings. The first-order valence-corrected chi connectivity index (χ1v) is 4.22. The third-order valence-electron chi connectivity index (χ3n) is 2.17. The van der Waals surface area contributed by atoms with Crippen LogP contribution >= 0.6 is 0 Å². The normalized spacial score (nSPS) is 11.1. The monoisotopic (exact) mass is 211 g/mol. The third-order valence-corrected chi connectivity index (χ3v) is 2.17. The Morgan fingerprint density at radius 3 is 2.67 bits per heavy atom. The number of aromatic nitrogens is 1. The van der Waals surface area contributed by atoms with E-state index in [2.05, 4.69) is 0 Å². The average Bonchev–Trinajstić information content (AvgIpc) is 2.59. The lowest BCUT2D eigenvalue weighted by Crippen LogP contribution is -2.05. The highest BCUT2D eigenvalue weighted by atomic mass is 19.3. The lowest BCUT2D eigenvalue weighted by atomic mass is 10.2. The Kier molecular flexibility index (Phi) is 2.15. The van der Waals surface area contributed by atoms with E-state index in [-0.39, 0.29) is 5.56 Å². The molecule has 3 nitrogen and oxygen atoms in total. The van der Waals surface area contributed by atoms with Gasteiger partial charge in [-0.3, -0.25) is 4.57 Å². The topological polar surface area (TPSA) is 42.2 Å². The van der Waals surface area contributed by atoms with E-state index in [0.717, 1.165) is 4.57 Å². The van der Waals surface area contributed by atoms with Gasteiger partial charge in [-0.25, -0.2) is 13.6 Å². The highest BCUT2D eigenvalue weighted by Crippen LogP contribution is 2.24. The molecule has 0 unspecified atom stereocenters. The molecular weight excluding hydrogens is 204 g/mol. The van der Waals surface area contributed by atoms with Crippen molar-refractivity contribution in [2.24, 2.45) is 0 Å². The van der Waals surface area contributed by atoms with Gasteiger partial charge < -0.3 is 5.11 Å². The summed E-state index contributed by atoms with van der Waals surface area (Å²) in [4.78, 5) is 10.7. The second-order valence-electron chi connectivity index (χ2n) is 3.09. The molecule has 1 aromatic heterocycles. The summed E-state index contributed by atoms with van der Waals surface area (Å²) in [5, 5.41) is 9.26. The van der Waals surface area contributed by atoms with E-state index in [1.54, 1.807) is 0 Å². The zero-order chi connectivity index (χ0) is 11.0. The number of hydrogen-bond donors (Lipinski definition) is 1. The second-order valence-corrected chi connectivity index (χ2v) is 3.09. The number of benzene rings is 1. The van der Waals surface area contributed by atoms with E-state index in [1.807, 2.05) is 0 Å². The number of carbonyl (C=O) groups is 1. The summed E-state index contributed by atoms with van der Waals surface area (Å²) in [6.07, 6.45) is -2.33. The summed E-state index contributed by atoms with van der Waals surface area (Å²) in [5.41, 5.74) is 0.303. The van der Waals surface area contributed by atoms with Gasteiger partial charge in [0.1, 0.15) is 0 Å². The molecule has 15 heavy (non-hydrogen) atoms. The zero-order valence-corrected chi connectivity index (χ0v) is 7.52. The van der Waals surface area contributed by atoms with Crippen LogP contribution < -0.4 is 0 Å². The van der Waals surface area contributed by atoms with Crippen molar-refractivity contribution in [2.45, 2.75) is 6.43 Å². The van der Waals surface area contributed by atoms with Gasteiger partial charge in [-0.15, -0.1) is 0 Å². The predicted molar refractivity (Wildman–Crippen MR) is 50.3 cm³/mol.